The normalized spacial score (nSPS) is 13.7. The van der Waals surface area contributed by atoms with Gasteiger partial charge in [0.1, 0.15) is 0 Å². The molecule has 1 N–H and O–H groups in total. The van der Waals surface area contributed by atoms with E-state index in [0.29, 0.717) is 6.04 Å². The molecule has 0 amide bonds. The first-order valence-electron chi connectivity index (χ1n) is 7.94. The molecule has 114 valence electrons. The molecule has 1 heterocycles. The van der Waals surface area contributed by atoms with Gasteiger partial charge in [-0.05, 0) is 52.0 Å². The second-order valence-electron chi connectivity index (χ2n) is 5.86. The van der Waals surface area contributed by atoms with Crippen molar-refractivity contribution in [3.8, 4) is 0 Å². The van der Waals surface area contributed by atoms with Crippen LogP contribution in [0.4, 0.5) is 0 Å². The summed E-state index contributed by atoms with van der Waals surface area (Å²) in [5.74, 6) is 0. The largest absolute Gasteiger partial charge is 0.312 e. The van der Waals surface area contributed by atoms with Crippen molar-refractivity contribution in [2.24, 2.45) is 0 Å². The molecule has 1 aromatic rings. The van der Waals surface area contributed by atoms with Crippen molar-refractivity contribution in [3.63, 3.8) is 0 Å². The molecule has 0 fully saturated rings. The lowest BCUT2D eigenvalue weighted by atomic mass is 9.88. The van der Waals surface area contributed by atoms with Crippen LogP contribution in [0.1, 0.15) is 46.7 Å². The van der Waals surface area contributed by atoms with Gasteiger partial charge in [0.2, 0.25) is 0 Å². The van der Waals surface area contributed by atoms with E-state index in [2.05, 4.69) is 62.0 Å². The topological polar surface area (TPSA) is 28.2 Å². The molecule has 1 rings (SSSR count). The molecule has 0 bridgehead atoms. The van der Waals surface area contributed by atoms with Crippen molar-refractivity contribution < 1.29 is 0 Å². The van der Waals surface area contributed by atoms with Gasteiger partial charge in [0.25, 0.3) is 0 Å². The zero-order valence-electron chi connectivity index (χ0n) is 13.8. The van der Waals surface area contributed by atoms with Crippen LogP contribution in [0.5, 0.6) is 0 Å². The maximum atomic E-state index is 4.49. The minimum absolute atomic E-state index is 0.121. The number of hydrogen-bond donors (Lipinski definition) is 1. The molecular weight excluding hydrogens is 246 g/mol. The van der Waals surface area contributed by atoms with Gasteiger partial charge in [-0.1, -0.05) is 26.8 Å². The van der Waals surface area contributed by atoms with Crippen LogP contribution >= 0.6 is 0 Å². The molecule has 0 spiro atoms. The molecule has 3 heteroatoms. The number of aromatic nitrogens is 1. The predicted octanol–water partition coefficient (Wildman–Crippen LogP) is 3.11. The summed E-state index contributed by atoms with van der Waals surface area (Å²) in [6.07, 6.45) is 4.02. The standard InChI is InChI=1S/C17H31N3/c1-6-12-19-16(14-15-11-9-10-13-18-15)17(4,5)20(7-2)8-3/h9-11,13,16,19H,6-8,12,14H2,1-5H3. The highest BCUT2D eigenvalue weighted by Gasteiger charge is 2.33. The molecule has 20 heavy (non-hydrogen) atoms. The van der Waals surface area contributed by atoms with Gasteiger partial charge < -0.3 is 5.32 Å². The van der Waals surface area contributed by atoms with Crippen molar-refractivity contribution in [1.29, 1.82) is 0 Å². The van der Waals surface area contributed by atoms with Crippen LogP contribution in [0.15, 0.2) is 24.4 Å². The average molecular weight is 277 g/mol. The Bertz CT molecular complexity index is 358. The van der Waals surface area contributed by atoms with Crippen LogP contribution in [0.3, 0.4) is 0 Å². The monoisotopic (exact) mass is 277 g/mol. The molecule has 0 saturated carbocycles. The quantitative estimate of drug-likeness (QED) is 0.752. The Morgan fingerprint density at radius 3 is 2.40 bits per heavy atom. The van der Waals surface area contributed by atoms with E-state index in [0.717, 1.165) is 32.5 Å². The van der Waals surface area contributed by atoms with Crippen molar-refractivity contribution >= 4 is 0 Å². The maximum absolute atomic E-state index is 4.49. The third-order valence-corrected chi connectivity index (χ3v) is 4.21. The van der Waals surface area contributed by atoms with Crippen LogP contribution in [-0.2, 0) is 6.42 Å². The fraction of sp³-hybridized carbons (Fsp3) is 0.706. The second kappa shape index (κ2) is 8.38. The molecule has 1 aromatic heterocycles. The van der Waals surface area contributed by atoms with Gasteiger partial charge >= 0.3 is 0 Å². The highest BCUT2D eigenvalue weighted by Crippen LogP contribution is 2.21. The van der Waals surface area contributed by atoms with Gasteiger partial charge in [-0.25, -0.2) is 0 Å². The van der Waals surface area contributed by atoms with Crippen molar-refractivity contribution in [2.45, 2.75) is 59.0 Å². The fourth-order valence-electron chi connectivity index (χ4n) is 2.88. The lowest BCUT2D eigenvalue weighted by molar-refractivity contribution is 0.0907. The van der Waals surface area contributed by atoms with E-state index in [-0.39, 0.29) is 5.54 Å². The lowest BCUT2D eigenvalue weighted by Crippen LogP contribution is -2.58. The van der Waals surface area contributed by atoms with E-state index in [9.17, 15) is 0 Å². The number of hydrogen-bond acceptors (Lipinski definition) is 3. The molecular formula is C17H31N3. The van der Waals surface area contributed by atoms with E-state index in [4.69, 9.17) is 0 Å². The van der Waals surface area contributed by atoms with Gasteiger partial charge in [-0.3, -0.25) is 9.88 Å². The second-order valence-corrected chi connectivity index (χ2v) is 5.86. The number of rotatable bonds is 9. The fourth-order valence-corrected chi connectivity index (χ4v) is 2.88. The molecule has 0 aliphatic rings. The number of likely N-dealkylation sites (N-methyl/N-ethyl adjacent to an activating group) is 1. The SMILES string of the molecule is CCCNC(Cc1ccccn1)C(C)(C)N(CC)CC. The molecule has 0 aromatic carbocycles. The summed E-state index contributed by atoms with van der Waals surface area (Å²) in [5, 5.41) is 3.73. The Hall–Kier alpha value is -0.930. The predicted molar refractivity (Wildman–Crippen MR) is 87.0 cm³/mol. The van der Waals surface area contributed by atoms with E-state index >= 15 is 0 Å². The lowest BCUT2D eigenvalue weighted by Gasteiger charge is -2.44. The Kier molecular flexibility index (Phi) is 7.17. The molecule has 1 atom stereocenters. The Balaban J connectivity index is 2.87. The first-order valence-corrected chi connectivity index (χ1v) is 7.94. The maximum Gasteiger partial charge on any atom is 0.0419 e. The first kappa shape index (κ1) is 17.1. The third kappa shape index (κ3) is 4.57. The number of nitrogens with zero attached hydrogens (tertiary/aromatic N) is 2. The summed E-state index contributed by atoms with van der Waals surface area (Å²) in [6.45, 7) is 14.6. The molecule has 1 unspecified atom stereocenters. The van der Waals surface area contributed by atoms with Crippen LogP contribution in [0.2, 0.25) is 0 Å². The van der Waals surface area contributed by atoms with E-state index in [1.807, 2.05) is 12.3 Å². The zero-order chi connectivity index (χ0) is 15.0. The molecule has 3 nitrogen and oxygen atoms in total. The zero-order valence-corrected chi connectivity index (χ0v) is 13.8. The van der Waals surface area contributed by atoms with Gasteiger partial charge in [0.05, 0.1) is 0 Å². The van der Waals surface area contributed by atoms with E-state index in [1.54, 1.807) is 0 Å². The summed E-state index contributed by atoms with van der Waals surface area (Å²) in [4.78, 5) is 7.02. The Morgan fingerprint density at radius 1 is 1.20 bits per heavy atom. The highest BCUT2D eigenvalue weighted by atomic mass is 15.2. The summed E-state index contributed by atoms with van der Waals surface area (Å²) in [7, 11) is 0. The van der Waals surface area contributed by atoms with Gasteiger partial charge in [0, 0.05) is 29.9 Å². The third-order valence-electron chi connectivity index (χ3n) is 4.21. The van der Waals surface area contributed by atoms with Crippen LogP contribution in [0, 0.1) is 0 Å². The van der Waals surface area contributed by atoms with Gasteiger partial charge in [0.15, 0.2) is 0 Å². The van der Waals surface area contributed by atoms with Crippen molar-refractivity contribution in [3.05, 3.63) is 30.1 Å². The van der Waals surface area contributed by atoms with Crippen LogP contribution in [0.25, 0.3) is 0 Å². The Morgan fingerprint density at radius 2 is 1.90 bits per heavy atom. The smallest absolute Gasteiger partial charge is 0.0419 e. The summed E-state index contributed by atoms with van der Waals surface area (Å²) in [6, 6.07) is 6.59. The summed E-state index contributed by atoms with van der Waals surface area (Å²) >= 11 is 0. The number of pyridine rings is 1. The molecule has 0 aliphatic carbocycles. The Labute approximate surface area is 124 Å². The van der Waals surface area contributed by atoms with Gasteiger partial charge in [-0.2, -0.15) is 0 Å². The van der Waals surface area contributed by atoms with E-state index < -0.39 is 0 Å². The number of nitrogens with one attached hydrogen (secondary N) is 1. The highest BCUT2D eigenvalue weighted by molar-refractivity contribution is 5.08. The van der Waals surface area contributed by atoms with E-state index in [1.165, 1.54) is 5.69 Å². The minimum Gasteiger partial charge on any atom is -0.312 e. The van der Waals surface area contributed by atoms with Crippen LogP contribution < -0.4 is 5.32 Å². The van der Waals surface area contributed by atoms with Gasteiger partial charge in [-0.15, -0.1) is 0 Å². The molecule has 0 radical (unpaired) electrons. The first-order chi connectivity index (χ1) is 9.56. The minimum atomic E-state index is 0.121. The summed E-state index contributed by atoms with van der Waals surface area (Å²) in [5.41, 5.74) is 1.29. The van der Waals surface area contributed by atoms with Crippen molar-refractivity contribution in [2.75, 3.05) is 19.6 Å². The average Bonchev–Trinajstić information content (AvgIpc) is 2.45. The van der Waals surface area contributed by atoms with Crippen LogP contribution in [-0.4, -0.2) is 41.1 Å². The summed E-state index contributed by atoms with van der Waals surface area (Å²) < 4.78 is 0. The molecule has 0 saturated heterocycles. The molecule has 0 aliphatic heterocycles. The van der Waals surface area contributed by atoms with Crippen molar-refractivity contribution in [1.82, 2.24) is 15.2 Å².